The second-order valence-corrected chi connectivity index (χ2v) is 6.73. The van der Waals surface area contributed by atoms with Gasteiger partial charge in [-0.25, -0.2) is 18.2 Å². The van der Waals surface area contributed by atoms with Crippen LogP contribution in [0.1, 0.15) is 0 Å². The van der Waals surface area contributed by atoms with Gasteiger partial charge in [-0.1, -0.05) is 0 Å². The summed E-state index contributed by atoms with van der Waals surface area (Å²) in [6.45, 7) is 0. The number of nitrogens with one attached hydrogen (secondary N) is 1. The molecule has 0 radical (unpaired) electrons. The Kier molecular flexibility index (Phi) is 4.39. The van der Waals surface area contributed by atoms with Gasteiger partial charge in [-0.05, 0) is 29.8 Å². The number of sulfonamides is 1. The molecule has 2 aromatic heterocycles. The first kappa shape index (κ1) is 17.2. The fourth-order valence-corrected chi connectivity index (χ4v) is 3.40. The van der Waals surface area contributed by atoms with Crippen LogP contribution >= 0.6 is 11.6 Å². The summed E-state index contributed by atoms with van der Waals surface area (Å²) in [5, 5.41) is -0.363. The summed E-state index contributed by atoms with van der Waals surface area (Å²) in [4.78, 5) is 7.59. The third-order valence-electron chi connectivity index (χ3n) is 3.08. The molecule has 0 saturated heterocycles. The number of anilines is 1. The summed E-state index contributed by atoms with van der Waals surface area (Å²) >= 11 is 5.69. The van der Waals surface area contributed by atoms with Crippen molar-refractivity contribution < 1.29 is 21.6 Å². The molecule has 1 N–H and O–H groups in total. The molecule has 2 heterocycles. The molecule has 0 fully saturated rings. The SMILES string of the molecule is O=S(=O)(Nc1cc(F)c(F)c(F)c1)c1cccn1-c1ccnc(Cl)n1. The average molecular weight is 389 g/mol. The Morgan fingerprint density at radius 1 is 1.12 bits per heavy atom. The van der Waals surface area contributed by atoms with Crippen LogP contribution in [0.5, 0.6) is 0 Å². The van der Waals surface area contributed by atoms with Crippen LogP contribution in [0.15, 0.2) is 47.8 Å². The summed E-state index contributed by atoms with van der Waals surface area (Å²) in [5.74, 6) is -4.56. The molecule has 0 saturated carbocycles. The van der Waals surface area contributed by atoms with Gasteiger partial charge in [-0.3, -0.25) is 9.29 Å². The van der Waals surface area contributed by atoms with E-state index >= 15 is 0 Å². The molecule has 11 heteroatoms. The number of aromatic nitrogens is 3. The lowest BCUT2D eigenvalue weighted by Crippen LogP contribution is -2.17. The topological polar surface area (TPSA) is 76.9 Å². The van der Waals surface area contributed by atoms with E-state index in [9.17, 15) is 21.6 Å². The van der Waals surface area contributed by atoms with E-state index in [1.807, 2.05) is 4.72 Å². The van der Waals surface area contributed by atoms with E-state index in [-0.39, 0.29) is 16.1 Å². The van der Waals surface area contributed by atoms with Crippen LogP contribution < -0.4 is 4.72 Å². The van der Waals surface area contributed by atoms with Gasteiger partial charge in [0.05, 0.1) is 5.69 Å². The van der Waals surface area contributed by atoms with E-state index in [4.69, 9.17) is 11.6 Å². The lowest BCUT2D eigenvalue weighted by Gasteiger charge is -2.11. The summed E-state index contributed by atoms with van der Waals surface area (Å²) in [6.07, 6.45) is 2.73. The molecule has 0 spiro atoms. The zero-order chi connectivity index (χ0) is 18.2. The monoisotopic (exact) mass is 388 g/mol. The highest BCUT2D eigenvalue weighted by molar-refractivity contribution is 7.92. The molecule has 0 aliphatic heterocycles. The number of halogens is 4. The first-order chi connectivity index (χ1) is 11.8. The van der Waals surface area contributed by atoms with Crippen LogP contribution in [0, 0.1) is 17.5 Å². The average Bonchev–Trinajstić information content (AvgIpc) is 3.03. The summed E-state index contributed by atoms with van der Waals surface area (Å²) in [7, 11) is -4.25. The molecule has 0 aliphatic carbocycles. The molecule has 0 unspecified atom stereocenters. The van der Waals surface area contributed by atoms with Crippen LogP contribution in [-0.2, 0) is 10.0 Å². The Morgan fingerprint density at radius 2 is 1.80 bits per heavy atom. The summed E-state index contributed by atoms with van der Waals surface area (Å²) < 4.78 is 67.7. The Hall–Kier alpha value is -2.59. The van der Waals surface area contributed by atoms with Crippen LogP contribution in [0.4, 0.5) is 18.9 Å². The number of nitrogens with zero attached hydrogens (tertiary/aromatic N) is 3. The Labute approximate surface area is 145 Å². The molecule has 0 bridgehead atoms. The lowest BCUT2D eigenvalue weighted by molar-refractivity contribution is 0.448. The lowest BCUT2D eigenvalue weighted by atomic mass is 10.3. The molecule has 130 valence electrons. The number of rotatable bonds is 4. The molecular formula is C14H8ClF3N4O2S. The van der Waals surface area contributed by atoms with Crippen molar-refractivity contribution in [3.05, 3.63) is 65.5 Å². The van der Waals surface area contributed by atoms with Crippen molar-refractivity contribution >= 4 is 27.3 Å². The van der Waals surface area contributed by atoms with Crippen molar-refractivity contribution in [1.29, 1.82) is 0 Å². The first-order valence-corrected chi connectivity index (χ1v) is 8.48. The van der Waals surface area contributed by atoms with Gasteiger partial charge in [0.2, 0.25) is 5.28 Å². The fourth-order valence-electron chi connectivity index (χ4n) is 2.06. The van der Waals surface area contributed by atoms with E-state index in [2.05, 4.69) is 9.97 Å². The molecule has 3 aromatic rings. The predicted octanol–water partition coefficient (Wildman–Crippen LogP) is 3.14. The second-order valence-electron chi connectivity index (χ2n) is 4.76. The van der Waals surface area contributed by atoms with Gasteiger partial charge in [0.25, 0.3) is 10.0 Å². The van der Waals surface area contributed by atoms with Crippen LogP contribution in [0.25, 0.3) is 5.82 Å². The van der Waals surface area contributed by atoms with E-state index < -0.39 is 33.2 Å². The largest absolute Gasteiger partial charge is 0.290 e. The van der Waals surface area contributed by atoms with Gasteiger partial charge >= 0.3 is 0 Å². The van der Waals surface area contributed by atoms with Gasteiger partial charge in [0.1, 0.15) is 5.82 Å². The van der Waals surface area contributed by atoms with Crippen LogP contribution in [0.3, 0.4) is 0 Å². The highest BCUT2D eigenvalue weighted by Gasteiger charge is 2.21. The minimum Gasteiger partial charge on any atom is -0.290 e. The predicted molar refractivity (Wildman–Crippen MR) is 83.5 cm³/mol. The van der Waals surface area contributed by atoms with Crippen molar-refractivity contribution in [3.8, 4) is 5.82 Å². The third kappa shape index (κ3) is 3.44. The van der Waals surface area contributed by atoms with Crippen molar-refractivity contribution in [1.82, 2.24) is 14.5 Å². The fraction of sp³-hybridized carbons (Fsp3) is 0. The summed E-state index contributed by atoms with van der Waals surface area (Å²) in [5.41, 5.74) is -0.468. The van der Waals surface area contributed by atoms with Crippen LogP contribution in [-0.4, -0.2) is 23.0 Å². The molecule has 0 amide bonds. The molecule has 0 atom stereocenters. The second kappa shape index (κ2) is 6.37. The molecule has 3 rings (SSSR count). The standard InChI is InChI=1S/C14H8ClF3N4O2S/c15-14-19-4-3-11(20-14)22-5-1-2-12(22)25(23,24)21-8-6-9(16)13(18)10(17)7-8/h1-7,21H. The quantitative estimate of drug-likeness (QED) is 0.550. The van der Waals surface area contributed by atoms with E-state index in [0.29, 0.717) is 12.1 Å². The summed E-state index contributed by atoms with van der Waals surface area (Å²) in [6, 6.07) is 5.16. The van der Waals surface area contributed by atoms with Gasteiger partial charge in [-0.15, -0.1) is 0 Å². The van der Waals surface area contributed by atoms with Crippen molar-refractivity contribution in [3.63, 3.8) is 0 Å². The maximum atomic E-state index is 13.3. The number of hydrogen-bond acceptors (Lipinski definition) is 4. The van der Waals surface area contributed by atoms with Gasteiger partial charge < -0.3 is 0 Å². The van der Waals surface area contributed by atoms with Gasteiger partial charge in [0.15, 0.2) is 22.5 Å². The number of hydrogen-bond donors (Lipinski definition) is 1. The third-order valence-corrected chi connectivity index (χ3v) is 4.65. The van der Waals surface area contributed by atoms with E-state index in [1.54, 1.807) is 0 Å². The van der Waals surface area contributed by atoms with Crippen molar-refractivity contribution in [2.45, 2.75) is 5.03 Å². The smallest absolute Gasteiger partial charge is 0.277 e. The van der Waals surface area contributed by atoms with E-state index in [1.165, 1.54) is 35.2 Å². The van der Waals surface area contributed by atoms with Crippen LogP contribution in [0.2, 0.25) is 5.28 Å². The first-order valence-electron chi connectivity index (χ1n) is 6.61. The normalized spacial score (nSPS) is 11.5. The van der Waals surface area contributed by atoms with Crippen molar-refractivity contribution in [2.75, 3.05) is 4.72 Å². The van der Waals surface area contributed by atoms with E-state index in [0.717, 1.165) is 0 Å². The molecular weight excluding hydrogens is 381 g/mol. The highest BCUT2D eigenvalue weighted by Crippen LogP contribution is 2.22. The zero-order valence-corrected chi connectivity index (χ0v) is 13.7. The zero-order valence-electron chi connectivity index (χ0n) is 12.1. The highest BCUT2D eigenvalue weighted by atomic mass is 35.5. The molecule has 6 nitrogen and oxygen atoms in total. The Balaban J connectivity index is 2.01. The number of benzene rings is 1. The maximum absolute atomic E-state index is 13.3. The minimum absolute atomic E-state index is 0.0924. The van der Waals surface area contributed by atoms with Crippen molar-refractivity contribution in [2.24, 2.45) is 0 Å². The Morgan fingerprint density at radius 3 is 2.44 bits per heavy atom. The molecule has 0 aliphatic rings. The van der Waals surface area contributed by atoms with Gasteiger partial charge in [0, 0.05) is 24.5 Å². The maximum Gasteiger partial charge on any atom is 0.277 e. The van der Waals surface area contributed by atoms with Gasteiger partial charge in [-0.2, -0.15) is 13.4 Å². The molecule has 1 aromatic carbocycles. The minimum atomic E-state index is -4.25. The molecule has 25 heavy (non-hydrogen) atoms. The Bertz CT molecular complexity index is 1030.